The molecule has 1 aromatic heterocycles. The number of nitrogens with one attached hydrogen (secondary N) is 1. The molecule has 0 bridgehead atoms. The van der Waals surface area contributed by atoms with Crippen LogP contribution in [0.4, 0.5) is 5.69 Å². The number of benzene rings is 1. The van der Waals surface area contributed by atoms with Gasteiger partial charge >= 0.3 is 0 Å². The number of rotatable bonds is 6. The Morgan fingerprint density at radius 1 is 1.20 bits per heavy atom. The SMILES string of the molecule is O=[N+]([O-])c1ccc(S(=O)(=O)NCC2(c3cccs3)CCOCC2)cc1. The minimum absolute atomic E-state index is 0.0199. The average molecular weight is 382 g/mol. The van der Waals surface area contributed by atoms with Crippen LogP contribution in [-0.4, -0.2) is 33.1 Å². The molecule has 1 aromatic carbocycles. The first-order valence-corrected chi connectivity index (χ1v) is 10.2. The Balaban J connectivity index is 1.79. The maximum absolute atomic E-state index is 12.6. The Morgan fingerprint density at radius 3 is 2.44 bits per heavy atom. The van der Waals surface area contributed by atoms with E-state index < -0.39 is 14.9 Å². The van der Waals surface area contributed by atoms with Crippen molar-refractivity contribution in [1.29, 1.82) is 0 Å². The van der Waals surface area contributed by atoms with Crippen molar-refractivity contribution in [1.82, 2.24) is 4.72 Å². The van der Waals surface area contributed by atoms with Crippen LogP contribution in [0.15, 0.2) is 46.7 Å². The average Bonchev–Trinajstić information content (AvgIpc) is 3.16. The number of hydrogen-bond acceptors (Lipinski definition) is 6. The first kappa shape index (κ1) is 18.0. The molecule has 0 aliphatic carbocycles. The number of nitrogens with zero attached hydrogens (tertiary/aromatic N) is 1. The van der Waals surface area contributed by atoms with Gasteiger partial charge in [-0.05, 0) is 36.4 Å². The maximum atomic E-state index is 12.6. The van der Waals surface area contributed by atoms with Gasteiger partial charge in [0.25, 0.3) is 5.69 Å². The smallest absolute Gasteiger partial charge is 0.269 e. The van der Waals surface area contributed by atoms with Gasteiger partial charge in [0.2, 0.25) is 10.0 Å². The van der Waals surface area contributed by atoms with E-state index in [0.717, 1.165) is 17.7 Å². The summed E-state index contributed by atoms with van der Waals surface area (Å²) in [6.45, 7) is 1.46. The molecule has 9 heteroatoms. The molecule has 3 rings (SSSR count). The van der Waals surface area contributed by atoms with E-state index in [4.69, 9.17) is 4.74 Å². The Morgan fingerprint density at radius 2 is 1.88 bits per heavy atom. The van der Waals surface area contributed by atoms with E-state index in [-0.39, 0.29) is 22.5 Å². The molecule has 1 N–H and O–H groups in total. The molecule has 0 spiro atoms. The minimum Gasteiger partial charge on any atom is -0.381 e. The van der Waals surface area contributed by atoms with Gasteiger partial charge in [0.05, 0.1) is 9.82 Å². The molecule has 2 aromatic rings. The standard InChI is InChI=1S/C16H18N2O5S2/c19-18(20)13-3-5-14(6-4-13)25(21,22)17-12-16(7-9-23-10-8-16)15-2-1-11-24-15/h1-6,11,17H,7-10,12H2. The molecule has 2 heterocycles. The molecule has 0 saturated carbocycles. The highest BCUT2D eigenvalue weighted by Crippen LogP contribution is 2.37. The Labute approximate surface area is 149 Å². The van der Waals surface area contributed by atoms with Crippen molar-refractivity contribution in [3.05, 3.63) is 56.8 Å². The predicted molar refractivity (Wildman–Crippen MR) is 94.3 cm³/mol. The molecule has 1 aliphatic rings. The molecule has 0 atom stereocenters. The van der Waals surface area contributed by atoms with Crippen molar-refractivity contribution < 1.29 is 18.1 Å². The fourth-order valence-electron chi connectivity index (χ4n) is 2.92. The number of thiophene rings is 1. The largest absolute Gasteiger partial charge is 0.381 e. The van der Waals surface area contributed by atoms with Gasteiger partial charge in [-0.15, -0.1) is 11.3 Å². The zero-order chi connectivity index (χ0) is 17.9. The lowest BCUT2D eigenvalue weighted by atomic mass is 9.79. The van der Waals surface area contributed by atoms with E-state index >= 15 is 0 Å². The Hall–Kier alpha value is -1.81. The Kier molecular flexibility index (Phi) is 5.19. The number of hydrogen-bond donors (Lipinski definition) is 1. The fourth-order valence-corrected chi connectivity index (χ4v) is 5.03. The highest BCUT2D eigenvalue weighted by molar-refractivity contribution is 7.89. The van der Waals surface area contributed by atoms with Crippen LogP contribution in [0.2, 0.25) is 0 Å². The molecule has 0 unspecified atom stereocenters. The van der Waals surface area contributed by atoms with Crippen LogP contribution < -0.4 is 4.72 Å². The summed E-state index contributed by atoms with van der Waals surface area (Å²) in [7, 11) is -3.74. The van der Waals surface area contributed by atoms with E-state index in [1.54, 1.807) is 11.3 Å². The predicted octanol–water partition coefficient (Wildman–Crippen LogP) is 2.68. The lowest BCUT2D eigenvalue weighted by molar-refractivity contribution is -0.384. The lowest BCUT2D eigenvalue weighted by Gasteiger charge is -2.36. The molecule has 1 saturated heterocycles. The molecule has 1 aliphatic heterocycles. The van der Waals surface area contributed by atoms with Crippen LogP contribution >= 0.6 is 11.3 Å². The number of nitro benzene ring substituents is 1. The van der Waals surface area contributed by atoms with E-state index in [2.05, 4.69) is 4.72 Å². The van der Waals surface area contributed by atoms with Crippen molar-refractivity contribution in [3.63, 3.8) is 0 Å². The van der Waals surface area contributed by atoms with Gasteiger partial charge in [-0.3, -0.25) is 10.1 Å². The zero-order valence-corrected chi connectivity index (χ0v) is 15.0. The molecular formula is C16H18N2O5S2. The van der Waals surface area contributed by atoms with Crippen LogP contribution in [0.5, 0.6) is 0 Å². The Bertz CT molecular complexity index is 826. The molecule has 0 amide bonds. The van der Waals surface area contributed by atoms with Crippen molar-refractivity contribution in [3.8, 4) is 0 Å². The summed E-state index contributed by atoms with van der Waals surface area (Å²) in [6, 6.07) is 8.87. The quantitative estimate of drug-likeness (QED) is 0.612. The summed E-state index contributed by atoms with van der Waals surface area (Å²) in [5, 5.41) is 12.7. The van der Waals surface area contributed by atoms with E-state index in [1.165, 1.54) is 24.3 Å². The summed E-state index contributed by atoms with van der Waals surface area (Å²) in [5.74, 6) is 0. The van der Waals surface area contributed by atoms with Crippen molar-refractivity contribution >= 4 is 27.0 Å². The molecule has 1 fully saturated rings. The van der Waals surface area contributed by atoms with Crippen LogP contribution in [0.3, 0.4) is 0 Å². The zero-order valence-electron chi connectivity index (χ0n) is 13.4. The topological polar surface area (TPSA) is 98.5 Å². The summed E-state index contributed by atoms with van der Waals surface area (Å²) in [4.78, 5) is 11.3. The molecular weight excluding hydrogens is 364 g/mol. The highest BCUT2D eigenvalue weighted by Gasteiger charge is 2.36. The van der Waals surface area contributed by atoms with E-state index in [0.29, 0.717) is 13.2 Å². The normalized spacial score (nSPS) is 17.3. The number of ether oxygens (including phenoxy) is 1. The molecule has 7 nitrogen and oxygen atoms in total. The van der Waals surface area contributed by atoms with Gasteiger partial charge in [-0.1, -0.05) is 6.07 Å². The first-order valence-electron chi connectivity index (χ1n) is 7.79. The number of non-ortho nitro benzene ring substituents is 1. The number of sulfonamides is 1. The maximum Gasteiger partial charge on any atom is 0.269 e. The monoisotopic (exact) mass is 382 g/mol. The highest BCUT2D eigenvalue weighted by atomic mass is 32.2. The number of nitro groups is 1. The van der Waals surface area contributed by atoms with Crippen molar-refractivity contribution in [2.45, 2.75) is 23.2 Å². The van der Waals surface area contributed by atoms with Gasteiger partial charge in [0.1, 0.15) is 0 Å². The molecule has 0 radical (unpaired) electrons. The van der Waals surface area contributed by atoms with Gasteiger partial charge in [-0.25, -0.2) is 13.1 Å². The summed E-state index contributed by atoms with van der Waals surface area (Å²) in [6.07, 6.45) is 1.49. The van der Waals surface area contributed by atoms with Crippen LogP contribution in [-0.2, 0) is 20.2 Å². The third-order valence-electron chi connectivity index (χ3n) is 4.45. The summed E-state index contributed by atoms with van der Waals surface area (Å²) >= 11 is 1.61. The van der Waals surface area contributed by atoms with Crippen LogP contribution in [0.25, 0.3) is 0 Å². The minimum atomic E-state index is -3.74. The van der Waals surface area contributed by atoms with Gasteiger partial charge in [-0.2, -0.15) is 0 Å². The van der Waals surface area contributed by atoms with Crippen LogP contribution in [0.1, 0.15) is 17.7 Å². The lowest BCUT2D eigenvalue weighted by Crippen LogP contribution is -2.44. The van der Waals surface area contributed by atoms with E-state index in [1.807, 2.05) is 17.5 Å². The third kappa shape index (κ3) is 3.90. The van der Waals surface area contributed by atoms with Gasteiger partial charge in [0, 0.05) is 42.2 Å². The third-order valence-corrected chi connectivity index (χ3v) is 6.99. The van der Waals surface area contributed by atoms with Crippen molar-refractivity contribution in [2.24, 2.45) is 0 Å². The second kappa shape index (κ2) is 7.20. The van der Waals surface area contributed by atoms with Crippen LogP contribution in [0, 0.1) is 10.1 Å². The van der Waals surface area contributed by atoms with Gasteiger partial charge in [0.15, 0.2) is 0 Å². The van der Waals surface area contributed by atoms with E-state index in [9.17, 15) is 18.5 Å². The van der Waals surface area contributed by atoms with Gasteiger partial charge < -0.3 is 4.74 Å². The second-order valence-electron chi connectivity index (χ2n) is 5.95. The molecule has 25 heavy (non-hydrogen) atoms. The summed E-state index contributed by atoms with van der Waals surface area (Å²) in [5.41, 5.74) is -0.418. The fraction of sp³-hybridized carbons (Fsp3) is 0.375. The van der Waals surface area contributed by atoms with Crippen molar-refractivity contribution in [2.75, 3.05) is 19.8 Å². The second-order valence-corrected chi connectivity index (χ2v) is 8.66. The first-order chi connectivity index (χ1) is 11.9. The summed E-state index contributed by atoms with van der Waals surface area (Å²) < 4.78 is 33.2. The molecule has 134 valence electrons.